The first-order chi connectivity index (χ1) is 7.64. The lowest BCUT2D eigenvalue weighted by Crippen LogP contribution is -2.22. The average molecular weight is 272 g/mol. The summed E-state index contributed by atoms with van der Waals surface area (Å²) < 4.78 is 49.2. The van der Waals surface area contributed by atoms with E-state index in [1.54, 1.807) is 0 Å². The molecule has 0 spiro atoms. The number of nitro groups is 1. The largest absolute Gasteiger partial charge is 0.454 e. The summed E-state index contributed by atoms with van der Waals surface area (Å²) in [4.78, 5) is 19.8. The van der Waals surface area contributed by atoms with Crippen molar-refractivity contribution < 1.29 is 27.3 Å². The number of hydrogen-bond donors (Lipinski definition) is 0. The van der Waals surface area contributed by atoms with Crippen LogP contribution in [0.2, 0.25) is 5.02 Å². The molecule has 4 nitrogen and oxygen atoms in total. The predicted molar refractivity (Wildman–Crippen MR) is 48.4 cm³/mol. The monoisotopic (exact) mass is 271 g/mol. The quantitative estimate of drug-likeness (QED) is 0.359. The van der Waals surface area contributed by atoms with E-state index < -0.39 is 39.0 Å². The lowest BCUT2D eigenvalue weighted by atomic mass is 10.1. The Bertz CT molecular complexity index is 500. The van der Waals surface area contributed by atoms with Crippen molar-refractivity contribution >= 4 is 23.1 Å². The molecule has 0 heterocycles. The molecule has 17 heavy (non-hydrogen) atoms. The number of alkyl halides is 3. The van der Waals surface area contributed by atoms with Gasteiger partial charge >= 0.3 is 11.9 Å². The Morgan fingerprint density at radius 1 is 1.35 bits per heavy atom. The van der Waals surface area contributed by atoms with Crippen molar-refractivity contribution in [1.29, 1.82) is 0 Å². The summed E-state index contributed by atoms with van der Waals surface area (Å²) in [5, 5.41) is 9.39. The summed E-state index contributed by atoms with van der Waals surface area (Å²) in [6, 6.07) is 0.580. The van der Waals surface area contributed by atoms with Crippen LogP contribution in [0.5, 0.6) is 0 Å². The summed E-state index contributed by atoms with van der Waals surface area (Å²) in [6.45, 7) is 0. The number of carbonyl (C=O) groups is 1. The Morgan fingerprint density at radius 3 is 2.29 bits per heavy atom. The van der Waals surface area contributed by atoms with E-state index in [2.05, 4.69) is 0 Å². The first-order valence-corrected chi connectivity index (χ1v) is 4.27. The van der Waals surface area contributed by atoms with Gasteiger partial charge in [0.25, 0.3) is 5.78 Å². The molecule has 0 aliphatic rings. The van der Waals surface area contributed by atoms with Crippen LogP contribution < -0.4 is 0 Å². The van der Waals surface area contributed by atoms with Gasteiger partial charge in [-0.2, -0.15) is 17.6 Å². The van der Waals surface area contributed by atoms with Gasteiger partial charge in [0.2, 0.25) is 5.82 Å². The zero-order chi connectivity index (χ0) is 13.4. The molecule has 0 aliphatic carbocycles. The van der Waals surface area contributed by atoms with Crippen LogP contribution in [0.1, 0.15) is 10.4 Å². The number of Topliss-reactive ketones (excluding diaryl/α,β-unsaturated/α-hetero) is 1. The molecule has 1 aromatic carbocycles. The first-order valence-electron chi connectivity index (χ1n) is 3.89. The smallest absolute Gasteiger partial charge is 0.284 e. The van der Waals surface area contributed by atoms with Crippen LogP contribution in [-0.2, 0) is 0 Å². The molecule has 0 N–H and O–H groups in total. The lowest BCUT2D eigenvalue weighted by molar-refractivity contribution is -0.387. The van der Waals surface area contributed by atoms with E-state index in [1.165, 1.54) is 0 Å². The molecule has 0 saturated carbocycles. The van der Waals surface area contributed by atoms with E-state index in [0.717, 1.165) is 0 Å². The summed E-state index contributed by atoms with van der Waals surface area (Å²) >= 11 is 5.16. The summed E-state index contributed by atoms with van der Waals surface area (Å²) in [5.74, 6) is -3.82. The summed E-state index contributed by atoms with van der Waals surface area (Å²) in [6.07, 6.45) is -5.21. The highest BCUT2D eigenvalue weighted by Gasteiger charge is 2.40. The van der Waals surface area contributed by atoms with Gasteiger partial charge in [0.15, 0.2) is 0 Å². The molecule has 0 aromatic heterocycles. The molecule has 0 fully saturated rings. The molecular formula is C8H2ClF4NO3. The second-order valence-electron chi connectivity index (χ2n) is 2.88. The number of nitro benzene ring substituents is 1. The SMILES string of the molecule is O=C(c1cc(Cl)c(F)c([N+](=O)[O-])c1)C(F)(F)F. The molecule has 0 amide bonds. The number of carbonyl (C=O) groups excluding carboxylic acids is 1. The molecule has 0 radical (unpaired) electrons. The highest BCUT2D eigenvalue weighted by Crippen LogP contribution is 2.30. The summed E-state index contributed by atoms with van der Waals surface area (Å²) in [5.41, 5.74) is -2.37. The molecule has 0 atom stereocenters. The Morgan fingerprint density at radius 2 is 1.88 bits per heavy atom. The van der Waals surface area contributed by atoms with Crippen molar-refractivity contribution in [1.82, 2.24) is 0 Å². The molecular weight excluding hydrogens is 270 g/mol. The maximum absolute atomic E-state index is 13.0. The zero-order valence-electron chi connectivity index (χ0n) is 7.72. The van der Waals surface area contributed by atoms with Gasteiger partial charge in [0.1, 0.15) is 0 Å². The standard InChI is InChI=1S/C8H2ClF4NO3/c9-4-1-3(7(15)8(11,12)13)2-5(6(4)10)14(16)17/h1-2H. The molecule has 0 aliphatic heterocycles. The Kier molecular flexibility index (Phi) is 3.37. The van der Waals surface area contributed by atoms with Crippen molar-refractivity contribution in [3.8, 4) is 0 Å². The van der Waals surface area contributed by atoms with Crippen LogP contribution in [0.25, 0.3) is 0 Å². The van der Waals surface area contributed by atoms with Crippen LogP contribution >= 0.6 is 11.6 Å². The molecule has 0 bridgehead atoms. The van der Waals surface area contributed by atoms with Crippen LogP contribution in [-0.4, -0.2) is 16.9 Å². The fourth-order valence-corrected chi connectivity index (χ4v) is 1.22. The van der Waals surface area contributed by atoms with Crippen molar-refractivity contribution in [2.45, 2.75) is 6.18 Å². The first kappa shape index (κ1) is 13.4. The number of benzene rings is 1. The highest BCUT2D eigenvalue weighted by molar-refractivity contribution is 6.31. The highest BCUT2D eigenvalue weighted by atomic mass is 35.5. The molecule has 0 saturated heterocycles. The van der Waals surface area contributed by atoms with E-state index in [1.807, 2.05) is 0 Å². The van der Waals surface area contributed by atoms with Crippen LogP contribution in [0.15, 0.2) is 12.1 Å². The topological polar surface area (TPSA) is 60.2 Å². The fraction of sp³-hybridized carbons (Fsp3) is 0.125. The van der Waals surface area contributed by atoms with Crippen molar-refractivity contribution in [2.75, 3.05) is 0 Å². The minimum Gasteiger partial charge on any atom is -0.284 e. The number of ketones is 1. The van der Waals surface area contributed by atoms with Gasteiger partial charge in [-0.15, -0.1) is 0 Å². The third-order valence-corrected chi connectivity index (χ3v) is 2.00. The maximum atomic E-state index is 13.0. The Hall–Kier alpha value is -1.70. The summed E-state index contributed by atoms with van der Waals surface area (Å²) in [7, 11) is 0. The predicted octanol–water partition coefficient (Wildman–Crippen LogP) is 3.13. The number of hydrogen-bond acceptors (Lipinski definition) is 3. The minimum absolute atomic E-state index is 0.192. The van der Waals surface area contributed by atoms with E-state index >= 15 is 0 Å². The van der Waals surface area contributed by atoms with Gasteiger partial charge in [0, 0.05) is 11.6 Å². The van der Waals surface area contributed by atoms with Gasteiger partial charge in [-0.25, -0.2) is 0 Å². The van der Waals surface area contributed by atoms with Gasteiger partial charge in [-0.1, -0.05) is 11.6 Å². The fourth-order valence-electron chi connectivity index (χ4n) is 1.00. The molecule has 92 valence electrons. The van der Waals surface area contributed by atoms with E-state index in [0.29, 0.717) is 6.07 Å². The average Bonchev–Trinajstić information content (AvgIpc) is 2.19. The zero-order valence-corrected chi connectivity index (χ0v) is 8.47. The molecule has 1 rings (SSSR count). The number of nitrogens with zero attached hydrogens (tertiary/aromatic N) is 1. The van der Waals surface area contributed by atoms with Gasteiger partial charge in [-0.3, -0.25) is 14.9 Å². The minimum atomic E-state index is -5.21. The van der Waals surface area contributed by atoms with Crippen LogP contribution in [0.3, 0.4) is 0 Å². The van der Waals surface area contributed by atoms with Crippen molar-refractivity contribution in [3.63, 3.8) is 0 Å². The van der Waals surface area contributed by atoms with Gasteiger partial charge in [-0.05, 0) is 6.07 Å². The van der Waals surface area contributed by atoms with Crippen LogP contribution in [0, 0.1) is 15.9 Å². The third kappa shape index (κ3) is 2.70. The van der Waals surface area contributed by atoms with Crippen LogP contribution in [0.4, 0.5) is 23.2 Å². The van der Waals surface area contributed by atoms with E-state index in [4.69, 9.17) is 11.6 Å². The second kappa shape index (κ2) is 4.28. The molecule has 0 unspecified atom stereocenters. The Labute approximate surface area is 95.9 Å². The number of halogens is 5. The second-order valence-corrected chi connectivity index (χ2v) is 3.28. The normalized spacial score (nSPS) is 11.4. The maximum Gasteiger partial charge on any atom is 0.454 e. The van der Waals surface area contributed by atoms with Gasteiger partial charge in [0.05, 0.1) is 9.95 Å². The van der Waals surface area contributed by atoms with Crippen molar-refractivity contribution in [2.24, 2.45) is 0 Å². The number of rotatable bonds is 2. The van der Waals surface area contributed by atoms with Crippen molar-refractivity contribution in [3.05, 3.63) is 38.7 Å². The van der Waals surface area contributed by atoms with E-state index in [9.17, 15) is 32.5 Å². The van der Waals surface area contributed by atoms with Gasteiger partial charge < -0.3 is 0 Å². The Balaban J connectivity index is 3.39. The lowest BCUT2D eigenvalue weighted by Gasteiger charge is -2.06. The molecule has 1 aromatic rings. The van der Waals surface area contributed by atoms with E-state index in [-0.39, 0.29) is 6.07 Å². The molecule has 9 heteroatoms. The third-order valence-electron chi connectivity index (χ3n) is 1.73.